The molecule has 1 aliphatic heterocycles. The van der Waals surface area contributed by atoms with Gasteiger partial charge < -0.3 is 10.6 Å². The predicted molar refractivity (Wildman–Crippen MR) is 105 cm³/mol. The van der Waals surface area contributed by atoms with Gasteiger partial charge in [-0.05, 0) is 37.4 Å². The Hall–Kier alpha value is -2.14. The monoisotopic (exact) mass is 354 g/mol. The van der Waals surface area contributed by atoms with Gasteiger partial charge in [0.2, 0.25) is 5.91 Å². The molecule has 5 heteroatoms. The molecule has 2 aromatic rings. The molecule has 1 unspecified atom stereocenters. The van der Waals surface area contributed by atoms with Gasteiger partial charge in [-0.1, -0.05) is 51.1 Å². The summed E-state index contributed by atoms with van der Waals surface area (Å²) in [6.45, 7) is 9.18. The average molecular weight is 354 g/mol. The third-order valence-electron chi connectivity index (χ3n) is 4.93. The molecule has 2 heterocycles. The summed E-state index contributed by atoms with van der Waals surface area (Å²) in [6.07, 6.45) is 2.68. The van der Waals surface area contributed by atoms with E-state index >= 15 is 0 Å². The van der Waals surface area contributed by atoms with Crippen molar-refractivity contribution in [3.63, 3.8) is 0 Å². The van der Waals surface area contributed by atoms with E-state index in [1.54, 1.807) is 0 Å². The van der Waals surface area contributed by atoms with E-state index in [-0.39, 0.29) is 11.3 Å². The molecule has 0 aliphatic carbocycles. The number of amides is 1. The fourth-order valence-electron chi connectivity index (χ4n) is 3.26. The minimum absolute atomic E-state index is 0.0586. The van der Waals surface area contributed by atoms with Gasteiger partial charge in [0.1, 0.15) is 5.82 Å². The van der Waals surface area contributed by atoms with Crippen molar-refractivity contribution < 1.29 is 4.79 Å². The first-order valence-corrected chi connectivity index (χ1v) is 9.54. The number of rotatable bonds is 6. The summed E-state index contributed by atoms with van der Waals surface area (Å²) in [6, 6.07) is 12.2. The van der Waals surface area contributed by atoms with Crippen LogP contribution in [-0.2, 0) is 16.8 Å². The number of carbonyl (C=O) groups excluding carboxylic acids is 1. The maximum Gasteiger partial charge on any atom is 0.225 e. The predicted octanol–water partition coefficient (Wildman–Crippen LogP) is 3.56. The summed E-state index contributed by atoms with van der Waals surface area (Å²) in [5.74, 6) is 1.49. The number of nitrogens with zero attached hydrogens (tertiary/aromatic N) is 2. The highest BCUT2D eigenvalue weighted by atomic mass is 16.1. The van der Waals surface area contributed by atoms with Crippen LogP contribution in [0.15, 0.2) is 36.4 Å². The number of carbonyl (C=O) groups is 1. The van der Waals surface area contributed by atoms with E-state index in [9.17, 15) is 4.79 Å². The standard InChI is InChI=1S/C21H30N4O/c1-21(2,3)18-13-19(23-20(26)10-9-16-11-12-22-14-16)25(24-18)15-17-7-5-4-6-8-17/h4-8,13,16,22H,9-12,14-15H2,1-3H3,(H,23,26). The zero-order valence-electron chi connectivity index (χ0n) is 16.1. The zero-order chi connectivity index (χ0) is 18.6. The molecular formula is C21H30N4O. The Kier molecular flexibility index (Phi) is 5.77. The van der Waals surface area contributed by atoms with Crippen LogP contribution in [0.5, 0.6) is 0 Å². The smallest absolute Gasteiger partial charge is 0.225 e. The van der Waals surface area contributed by atoms with Crippen molar-refractivity contribution in [2.75, 3.05) is 18.4 Å². The normalized spacial score (nSPS) is 17.4. The van der Waals surface area contributed by atoms with Gasteiger partial charge in [-0.2, -0.15) is 5.10 Å². The highest BCUT2D eigenvalue weighted by Crippen LogP contribution is 2.25. The molecule has 1 aromatic heterocycles. The van der Waals surface area contributed by atoms with Crippen molar-refractivity contribution in [3.05, 3.63) is 47.7 Å². The Labute approximate surface area is 156 Å². The van der Waals surface area contributed by atoms with Crippen LogP contribution in [0.25, 0.3) is 0 Å². The summed E-state index contributed by atoms with van der Waals surface area (Å²) in [5, 5.41) is 11.2. The Bertz CT molecular complexity index is 724. The van der Waals surface area contributed by atoms with Crippen LogP contribution in [0.2, 0.25) is 0 Å². The highest BCUT2D eigenvalue weighted by molar-refractivity contribution is 5.89. The summed E-state index contributed by atoms with van der Waals surface area (Å²) in [7, 11) is 0. The first-order valence-electron chi connectivity index (χ1n) is 9.54. The molecule has 1 aromatic carbocycles. The molecule has 1 amide bonds. The Morgan fingerprint density at radius 2 is 2.08 bits per heavy atom. The van der Waals surface area contributed by atoms with E-state index in [0.29, 0.717) is 18.9 Å². The Morgan fingerprint density at radius 3 is 2.73 bits per heavy atom. The minimum atomic E-state index is -0.0586. The molecule has 1 aliphatic rings. The van der Waals surface area contributed by atoms with Crippen LogP contribution < -0.4 is 10.6 Å². The lowest BCUT2D eigenvalue weighted by atomic mass is 9.92. The van der Waals surface area contributed by atoms with Crippen molar-refractivity contribution in [1.82, 2.24) is 15.1 Å². The SMILES string of the molecule is CC(C)(C)c1cc(NC(=O)CCC2CCNC2)n(Cc2ccccc2)n1. The summed E-state index contributed by atoms with van der Waals surface area (Å²) < 4.78 is 1.91. The number of hydrogen-bond donors (Lipinski definition) is 2. The van der Waals surface area contributed by atoms with Gasteiger partial charge in [-0.25, -0.2) is 4.68 Å². The molecule has 1 atom stereocenters. The summed E-state index contributed by atoms with van der Waals surface area (Å²) in [4.78, 5) is 12.5. The highest BCUT2D eigenvalue weighted by Gasteiger charge is 2.21. The maximum absolute atomic E-state index is 12.5. The van der Waals surface area contributed by atoms with Gasteiger partial charge in [0.25, 0.3) is 0 Å². The lowest BCUT2D eigenvalue weighted by molar-refractivity contribution is -0.116. The molecule has 1 saturated heterocycles. The van der Waals surface area contributed by atoms with Crippen LogP contribution in [0.3, 0.4) is 0 Å². The van der Waals surface area contributed by atoms with Crippen molar-refractivity contribution in [2.24, 2.45) is 5.92 Å². The number of nitrogens with one attached hydrogen (secondary N) is 2. The van der Waals surface area contributed by atoms with E-state index in [1.165, 1.54) is 12.0 Å². The second kappa shape index (κ2) is 8.04. The molecule has 2 N–H and O–H groups in total. The number of aromatic nitrogens is 2. The average Bonchev–Trinajstić information content (AvgIpc) is 3.24. The molecule has 5 nitrogen and oxygen atoms in total. The molecule has 26 heavy (non-hydrogen) atoms. The summed E-state index contributed by atoms with van der Waals surface area (Å²) in [5.41, 5.74) is 2.10. The van der Waals surface area contributed by atoms with Crippen LogP contribution in [0.4, 0.5) is 5.82 Å². The molecule has 140 valence electrons. The van der Waals surface area contributed by atoms with Gasteiger partial charge in [0.15, 0.2) is 0 Å². The second-order valence-corrected chi connectivity index (χ2v) is 8.25. The van der Waals surface area contributed by atoms with E-state index in [4.69, 9.17) is 5.10 Å². The number of hydrogen-bond acceptors (Lipinski definition) is 3. The third kappa shape index (κ3) is 4.94. The lowest BCUT2D eigenvalue weighted by Crippen LogP contribution is -2.17. The van der Waals surface area contributed by atoms with Crippen molar-refractivity contribution in [1.29, 1.82) is 0 Å². The van der Waals surface area contributed by atoms with E-state index in [0.717, 1.165) is 31.0 Å². The van der Waals surface area contributed by atoms with Crippen molar-refractivity contribution >= 4 is 11.7 Å². The topological polar surface area (TPSA) is 59.0 Å². The molecule has 0 radical (unpaired) electrons. The lowest BCUT2D eigenvalue weighted by Gasteiger charge is -2.14. The Balaban J connectivity index is 1.71. The first-order chi connectivity index (χ1) is 12.4. The molecule has 0 saturated carbocycles. The van der Waals surface area contributed by atoms with Crippen LogP contribution in [0.1, 0.15) is 51.3 Å². The molecular weight excluding hydrogens is 324 g/mol. The molecule has 1 fully saturated rings. The van der Waals surface area contributed by atoms with Crippen LogP contribution in [0, 0.1) is 5.92 Å². The molecule has 0 spiro atoms. The van der Waals surface area contributed by atoms with Gasteiger partial charge in [0, 0.05) is 17.9 Å². The van der Waals surface area contributed by atoms with Crippen molar-refractivity contribution in [3.8, 4) is 0 Å². The van der Waals surface area contributed by atoms with Gasteiger partial charge in [-0.15, -0.1) is 0 Å². The Morgan fingerprint density at radius 1 is 1.31 bits per heavy atom. The fraction of sp³-hybridized carbons (Fsp3) is 0.524. The fourth-order valence-corrected chi connectivity index (χ4v) is 3.26. The van der Waals surface area contributed by atoms with E-state index in [2.05, 4.69) is 43.5 Å². The van der Waals surface area contributed by atoms with E-state index < -0.39 is 0 Å². The number of benzene rings is 1. The first kappa shape index (κ1) is 18.6. The molecule has 3 rings (SSSR count). The van der Waals surface area contributed by atoms with Gasteiger partial charge in [0.05, 0.1) is 12.2 Å². The molecule has 0 bridgehead atoms. The minimum Gasteiger partial charge on any atom is -0.316 e. The summed E-state index contributed by atoms with van der Waals surface area (Å²) >= 11 is 0. The largest absolute Gasteiger partial charge is 0.316 e. The van der Waals surface area contributed by atoms with Gasteiger partial charge in [-0.3, -0.25) is 4.79 Å². The zero-order valence-corrected chi connectivity index (χ0v) is 16.1. The van der Waals surface area contributed by atoms with Crippen LogP contribution in [-0.4, -0.2) is 28.8 Å². The quantitative estimate of drug-likeness (QED) is 0.834. The third-order valence-corrected chi connectivity index (χ3v) is 4.93. The van der Waals surface area contributed by atoms with Gasteiger partial charge >= 0.3 is 0 Å². The maximum atomic E-state index is 12.5. The van der Waals surface area contributed by atoms with E-state index in [1.807, 2.05) is 28.9 Å². The van der Waals surface area contributed by atoms with Crippen molar-refractivity contribution in [2.45, 2.75) is 52.0 Å². The van der Waals surface area contributed by atoms with Crippen LogP contribution >= 0.6 is 0 Å². The number of anilines is 1. The second-order valence-electron chi connectivity index (χ2n) is 8.25.